The minimum atomic E-state index is -2.65. The summed E-state index contributed by atoms with van der Waals surface area (Å²) in [5.41, 5.74) is 2.31. The number of aryl methyl sites for hydroxylation is 3. The van der Waals surface area contributed by atoms with Gasteiger partial charge >= 0.3 is 0 Å². The molecule has 0 aliphatic rings. The fourth-order valence-electron chi connectivity index (χ4n) is 3.09. The standard InChI is InChI=1S/C18H25N5O2P2/c1-12-19-17(16-18(20-12)23(3)13(2)21-16)22-14-7-9-15(10-8-14)27(6,25)11-26(4,5)24/h7-10H,11H2,1-6H3,(H,19,20,22). The SMILES string of the molecule is Cc1nc(Nc2ccc(P(C)(=O)CP(C)(C)=O)cc2)c2nc(C)n(C)c2n1. The van der Waals surface area contributed by atoms with Crippen molar-refractivity contribution in [2.75, 3.05) is 31.2 Å². The Bertz CT molecular complexity index is 1100. The first kappa shape index (κ1) is 19.8. The van der Waals surface area contributed by atoms with Gasteiger partial charge in [0, 0.05) is 18.0 Å². The molecule has 0 amide bonds. The highest BCUT2D eigenvalue weighted by Gasteiger charge is 2.25. The van der Waals surface area contributed by atoms with Gasteiger partial charge in [0.1, 0.15) is 18.8 Å². The van der Waals surface area contributed by atoms with Crippen LogP contribution in [0.15, 0.2) is 24.3 Å². The van der Waals surface area contributed by atoms with Gasteiger partial charge in [-0.2, -0.15) is 0 Å². The average molecular weight is 405 g/mol. The summed E-state index contributed by atoms with van der Waals surface area (Å²) >= 11 is 0. The van der Waals surface area contributed by atoms with Crippen LogP contribution in [0.1, 0.15) is 11.6 Å². The van der Waals surface area contributed by atoms with Gasteiger partial charge in [-0.15, -0.1) is 0 Å². The number of nitrogens with one attached hydrogen (secondary N) is 1. The molecule has 3 aromatic rings. The molecule has 1 aromatic carbocycles. The lowest BCUT2D eigenvalue weighted by Crippen LogP contribution is -2.07. The van der Waals surface area contributed by atoms with Crippen LogP contribution in [0.5, 0.6) is 0 Å². The molecule has 1 unspecified atom stereocenters. The molecule has 0 saturated carbocycles. The number of benzene rings is 1. The molecule has 0 aliphatic carbocycles. The smallest absolute Gasteiger partial charge is 0.165 e. The molecule has 0 aliphatic heterocycles. The van der Waals surface area contributed by atoms with E-state index in [0.29, 0.717) is 17.2 Å². The van der Waals surface area contributed by atoms with E-state index in [-0.39, 0.29) is 5.90 Å². The monoisotopic (exact) mass is 405 g/mol. The third-order valence-corrected chi connectivity index (χ3v) is 10.6. The predicted octanol–water partition coefficient (Wildman–Crippen LogP) is 3.92. The first-order valence-electron chi connectivity index (χ1n) is 8.62. The minimum Gasteiger partial charge on any atom is -0.338 e. The third-order valence-electron chi connectivity index (χ3n) is 4.34. The van der Waals surface area contributed by atoms with Gasteiger partial charge in [0.15, 0.2) is 17.0 Å². The number of rotatable bonds is 5. The van der Waals surface area contributed by atoms with Gasteiger partial charge in [0.05, 0.1) is 13.0 Å². The zero-order valence-corrected chi connectivity index (χ0v) is 18.3. The Morgan fingerprint density at radius 1 is 1.00 bits per heavy atom. The van der Waals surface area contributed by atoms with Crippen LogP contribution in [0.4, 0.5) is 11.5 Å². The van der Waals surface area contributed by atoms with E-state index in [1.165, 1.54) is 0 Å². The lowest BCUT2D eigenvalue weighted by atomic mass is 10.3. The van der Waals surface area contributed by atoms with Crippen LogP contribution in [0.25, 0.3) is 11.2 Å². The van der Waals surface area contributed by atoms with Crippen molar-refractivity contribution in [2.45, 2.75) is 13.8 Å². The fourth-order valence-corrected chi connectivity index (χ4v) is 9.73. The zero-order valence-electron chi connectivity index (χ0n) is 16.5. The Balaban J connectivity index is 1.92. The molecule has 9 heteroatoms. The molecule has 2 aromatic heterocycles. The van der Waals surface area contributed by atoms with E-state index in [2.05, 4.69) is 20.3 Å². The van der Waals surface area contributed by atoms with Crippen molar-refractivity contribution in [1.82, 2.24) is 19.5 Å². The molecular formula is C18H25N5O2P2. The van der Waals surface area contributed by atoms with Crippen LogP contribution in [0.2, 0.25) is 0 Å². The van der Waals surface area contributed by atoms with Gasteiger partial charge in [-0.25, -0.2) is 15.0 Å². The maximum Gasteiger partial charge on any atom is 0.165 e. The summed E-state index contributed by atoms with van der Waals surface area (Å²) in [5, 5.41) is 4.01. The van der Waals surface area contributed by atoms with Gasteiger partial charge in [0.2, 0.25) is 0 Å². The molecule has 0 fully saturated rings. The predicted molar refractivity (Wildman–Crippen MR) is 113 cm³/mol. The van der Waals surface area contributed by atoms with E-state index in [9.17, 15) is 9.13 Å². The summed E-state index contributed by atoms with van der Waals surface area (Å²) in [5.74, 6) is 2.40. The summed E-state index contributed by atoms with van der Waals surface area (Å²) in [6, 6.07) is 7.38. The summed E-state index contributed by atoms with van der Waals surface area (Å²) in [4.78, 5) is 13.5. The van der Waals surface area contributed by atoms with Crippen LogP contribution >= 0.6 is 14.3 Å². The Hall–Kier alpha value is -1.97. The van der Waals surface area contributed by atoms with Crippen molar-refractivity contribution in [1.29, 1.82) is 0 Å². The molecule has 27 heavy (non-hydrogen) atoms. The van der Waals surface area contributed by atoms with Crippen LogP contribution in [0, 0.1) is 13.8 Å². The number of anilines is 2. The highest BCUT2D eigenvalue weighted by atomic mass is 31.2. The summed E-state index contributed by atoms with van der Waals surface area (Å²) in [6.07, 6.45) is 0. The zero-order chi connectivity index (χ0) is 20.0. The number of fused-ring (bicyclic) bond motifs is 1. The molecule has 1 atom stereocenters. The van der Waals surface area contributed by atoms with Gasteiger partial charge in [-0.1, -0.05) is 0 Å². The maximum absolute atomic E-state index is 12.9. The van der Waals surface area contributed by atoms with E-state index in [0.717, 1.165) is 22.5 Å². The number of nitrogens with zero attached hydrogens (tertiary/aromatic N) is 4. The van der Waals surface area contributed by atoms with Gasteiger partial charge in [-0.05, 0) is 58.1 Å². The molecule has 0 saturated heterocycles. The second-order valence-electron chi connectivity index (χ2n) is 7.50. The molecule has 7 nitrogen and oxygen atoms in total. The summed E-state index contributed by atoms with van der Waals surface area (Å²) < 4.78 is 27.0. The largest absolute Gasteiger partial charge is 0.338 e. The molecule has 3 rings (SSSR count). The van der Waals surface area contributed by atoms with Crippen LogP contribution in [-0.2, 0) is 16.2 Å². The van der Waals surface area contributed by atoms with Gasteiger partial charge < -0.3 is 19.0 Å². The first-order chi connectivity index (χ1) is 12.5. The number of hydrogen-bond acceptors (Lipinski definition) is 6. The van der Waals surface area contributed by atoms with Crippen LogP contribution in [-0.4, -0.2) is 45.4 Å². The third kappa shape index (κ3) is 4.31. The Morgan fingerprint density at radius 3 is 2.22 bits per heavy atom. The lowest BCUT2D eigenvalue weighted by Gasteiger charge is -2.17. The van der Waals surface area contributed by atoms with E-state index in [1.807, 2.05) is 49.7 Å². The van der Waals surface area contributed by atoms with Crippen molar-refractivity contribution < 1.29 is 9.13 Å². The Labute approximate surface area is 159 Å². The topological polar surface area (TPSA) is 89.8 Å². The summed E-state index contributed by atoms with van der Waals surface area (Å²) in [6.45, 7) is 8.82. The van der Waals surface area contributed by atoms with Crippen molar-refractivity contribution in [3.05, 3.63) is 35.9 Å². The van der Waals surface area contributed by atoms with E-state index in [4.69, 9.17) is 0 Å². The fraction of sp³-hybridized carbons (Fsp3) is 0.389. The summed E-state index contributed by atoms with van der Waals surface area (Å²) in [7, 11) is -3.09. The number of hydrogen-bond donors (Lipinski definition) is 1. The number of aromatic nitrogens is 4. The second-order valence-corrected chi connectivity index (χ2v) is 14.5. The molecule has 0 radical (unpaired) electrons. The van der Waals surface area contributed by atoms with E-state index < -0.39 is 14.3 Å². The average Bonchev–Trinajstić information content (AvgIpc) is 2.81. The maximum atomic E-state index is 12.9. The van der Waals surface area contributed by atoms with Crippen molar-refractivity contribution >= 4 is 42.3 Å². The quantitative estimate of drug-likeness (QED) is 0.647. The lowest BCUT2D eigenvalue weighted by molar-refractivity contribution is 0.578. The minimum absolute atomic E-state index is 0.242. The molecule has 0 bridgehead atoms. The molecule has 0 spiro atoms. The highest BCUT2D eigenvalue weighted by molar-refractivity contribution is 7.83. The normalized spacial score (nSPS) is 14.3. The molecular weight excluding hydrogens is 380 g/mol. The molecule has 144 valence electrons. The molecule has 1 N–H and O–H groups in total. The van der Waals surface area contributed by atoms with Gasteiger partial charge in [0.25, 0.3) is 0 Å². The Kier molecular flexibility index (Phi) is 5.04. The molecule has 2 heterocycles. The van der Waals surface area contributed by atoms with Gasteiger partial charge in [-0.3, -0.25) is 0 Å². The first-order valence-corrected chi connectivity index (χ1v) is 13.7. The van der Waals surface area contributed by atoms with Crippen LogP contribution in [0.3, 0.4) is 0 Å². The van der Waals surface area contributed by atoms with Crippen molar-refractivity contribution in [3.8, 4) is 0 Å². The second kappa shape index (κ2) is 6.88. The Morgan fingerprint density at radius 2 is 1.63 bits per heavy atom. The number of imidazole rings is 1. The highest BCUT2D eigenvalue weighted by Crippen LogP contribution is 2.54. The van der Waals surface area contributed by atoms with Crippen molar-refractivity contribution in [2.24, 2.45) is 7.05 Å². The van der Waals surface area contributed by atoms with E-state index in [1.54, 1.807) is 20.0 Å². The van der Waals surface area contributed by atoms with Crippen LogP contribution < -0.4 is 10.6 Å². The van der Waals surface area contributed by atoms with Crippen molar-refractivity contribution in [3.63, 3.8) is 0 Å². The van der Waals surface area contributed by atoms with E-state index >= 15 is 0 Å².